The Kier molecular flexibility index (Phi) is 7.09. The van der Waals surface area contributed by atoms with Crippen LogP contribution < -0.4 is 10.6 Å². The summed E-state index contributed by atoms with van der Waals surface area (Å²) in [6.07, 6.45) is 0. The van der Waals surface area contributed by atoms with E-state index in [-0.39, 0.29) is 23.4 Å². The molecule has 3 aromatic rings. The molecule has 2 N–H and O–H groups in total. The predicted molar refractivity (Wildman–Crippen MR) is 126 cm³/mol. The number of hydrogen-bond donors (Lipinski definition) is 2. The number of amides is 1. The average Bonchev–Trinajstić information content (AvgIpc) is 3.18. The Morgan fingerprint density at radius 1 is 1.13 bits per heavy atom. The number of anilines is 2. The van der Waals surface area contributed by atoms with Gasteiger partial charge in [-0.1, -0.05) is 12.1 Å². The van der Waals surface area contributed by atoms with E-state index >= 15 is 0 Å². The Labute approximate surface area is 187 Å². The normalized spacial score (nSPS) is 11.7. The zero-order valence-corrected chi connectivity index (χ0v) is 19.5. The molecule has 164 valence electrons. The summed E-state index contributed by atoms with van der Waals surface area (Å²) in [6, 6.07) is 13.8. The van der Waals surface area contributed by atoms with Gasteiger partial charge in [0.2, 0.25) is 15.9 Å². The molecule has 0 aliphatic carbocycles. The maximum absolute atomic E-state index is 12.5. The third-order valence-electron chi connectivity index (χ3n) is 4.77. The van der Waals surface area contributed by atoms with Crippen molar-refractivity contribution in [1.82, 2.24) is 9.29 Å². The minimum Gasteiger partial charge on any atom is -0.376 e. The predicted octanol–water partition coefficient (Wildman–Crippen LogP) is 4.20. The minimum atomic E-state index is -3.53. The van der Waals surface area contributed by atoms with Crippen molar-refractivity contribution in [2.45, 2.75) is 31.7 Å². The van der Waals surface area contributed by atoms with Gasteiger partial charge in [0.05, 0.1) is 22.1 Å². The number of thiazole rings is 1. The highest BCUT2D eigenvalue weighted by Crippen LogP contribution is 2.24. The van der Waals surface area contributed by atoms with Gasteiger partial charge >= 0.3 is 0 Å². The molecule has 9 heteroatoms. The highest BCUT2D eigenvalue weighted by molar-refractivity contribution is 7.89. The van der Waals surface area contributed by atoms with E-state index in [2.05, 4.69) is 15.6 Å². The fourth-order valence-electron chi connectivity index (χ4n) is 2.83. The van der Waals surface area contributed by atoms with Crippen molar-refractivity contribution >= 4 is 38.6 Å². The summed E-state index contributed by atoms with van der Waals surface area (Å²) in [5, 5.41) is 8.85. The molecule has 0 unspecified atom stereocenters. The molecule has 0 spiro atoms. The van der Waals surface area contributed by atoms with E-state index in [1.54, 1.807) is 30.5 Å². The maximum atomic E-state index is 12.5. The van der Waals surface area contributed by atoms with Gasteiger partial charge < -0.3 is 10.6 Å². The SMILES string of the molecule is Cc1nc(-c2cccc(NC(=O)CNc3ccc(S(=O)(=O)N(C)C(C)C)cc3)c2)cs1. The molecule has 0 radical (unpaired) electrons. The Hall–Kier alpha value is -2.75. The molecule has 0 aliphatic heterocycles. The highest BCUT2D eigenvalue weighted by atomic mass is 32.2. The molecule has 7 nitrogen and oxygen atoms in total. The Balaban J connectivity index is 1.59. The number of nitrogens with zero attached hydrogens (tertiary/aromatic N) is 2. The first-order valence-electron chi connectivity index (χ1n) is 9.81. The second-order valence-electron chi connectivity index (χ2n) is 7.37. The number of benzene rings is 2. The van der Waals surface area contributed by atoms with E-state index in [0.717, 1.165) is 16.3 Å². The van der Waals surface area contributed by atoms with Crippen LogP contribution in [0.25, 0.3) is 11.3 Å². The first-order chi connectivity index (χ1) is 14.7. The van der Waals surface area contributed by atoms with E-state index in [0.29, 0.717) is 11.4 Å². The lowest BCUT2D eigenvalue weighted by Gasteiger charge is -2.21. The van der Waals surface area contributed by atoms with Crippen molar-refractivity contribution in [3.63, 3.8) is 0 Å². The monoisotopic (exact) mass is 458 g/mol. The number of aromatic nitrogens is 1. The molecule has 0 saturated heterocycles. The quantitative estimate of drug-likeness (QED) is 0.528. The van der Waals surface area contributed by atoms with Crippen LogP contribution in [0.2, 0.25) is 0 Å². The molecule has 0 fully saturated rings. The van der Waals surface area contributed by atoms with Crippen LogP contribution in [-0.4, -0.2) is 43.2 Å². The molecule has 0 aliphatic rings. The van der Waals surface area contributed by atoms with Gasteiger partial charge in [0.1, 0.15) is 0 Å². The molecule has 0 atom stereocenters. The Bertz CT molecular complexity index is 1160. The van der Waals surface area contributed by atoms with Gasteiger partial charge in [0.15, 0.2) is 0 Å². The first-order valence-corrected chi connectivity index (χ1v) is 12.1. The smallest absolute Gasteiger partial charge is 0.243 e. The largest absolute Gasteiger partial charge is 0.376 e. The van der Waals surface area contributed by atoms with Gasteiger partial charge in [0, 0.05) is 35.4 Å². The van der Waals surface area contributed by atoms with E-state index in [9.17, 15) is 13.2 Å². The summed E-state index contributed by atoms with van der Waals surface area (Å²) >= 11 is 1.58. The fraction of sp³-hybridized carbons (Fsp3) is 0.273. The van der Waals surface area contributed by atoms with Crippen molar-refractivity contribution in [2.75, 3.05) is 24.2 Å². The summed E-state index contributed by atoms with van der Waals surface area (Å²) in [4.78, 5) is 17.0. The van der Waals surface area contributed by atoms with Crippen LogP contribution in [0.15, 0.2) is 58.8 Å². The van der Waals surface area contributed by atoms with E-state index in [4.69, 9.17) is 0 Å². The zero-order valence-electron chi connectivity index (χ0n) is 17.9. The number of sulfonamides is 1. The summed E-state index contributed by atoms with van der Waals surface area (Å²) < 4.78 is 26.4. The fourth-order valence-corrected chi connectivity index (χ4v) is 4.82. The summed E-state index contributed by atoms with van der Waals surface area (Å²) in [5.41, 5.74) is 3.18. The molecule has 2 aromatic carbocycles. The zero-order chi connectivity index (χ0) is 22.6. The van der Waals surface area contributed by atoms with Crippen LogP contribution >= 0.6 is 11.3 Å². The van der Waals surface area contributed by atoms with Gasteiger partial charge in [-0.05, 0) is 57.2 Å². The van der Waals surface area contributed by atoms with Crippen LogP contribution in [0.3, 0.4) is 0 Å². The molecule has 1 aromatic heterocycles. The number of rotatable bonds is 8. The van der Waals surface area contributed by atoms with Crippen molar-refractivity contribution in [3.8, 4) is 11.3 Å². The Morgan fingerprint density at radius 2 is 1.84 bits per heavy atom. The molecule has 31 heavy (non-hydrogen) atoms. The van der Waals surface area contributed by atoms with Crippen LogP contribution in [0.4, 0.5) is 11.4 Å². The average molecular weight is 459 g/mol. The number of carbonyl (C=O) groups is 1. The van der Waals surface area contributed by atoms with Gasteiger partial charge in [-0.25, -0.2) is 13.4 Å². The van der Waals surface area contributed by atoms with Gasteiger partial charge in [-0.15, -0.1) is 11.3 Å². The highest BCUT2D eigenvalue weighted by Gasteiger charge is 2.22. The summed E-state index contributed by atoms with van der Waals surface area (Å²) in [7, 11) is -1.97. The molecular weight excluding hydrogens is 432 g/mol. The third kappa shape index (κ3) is 5.69. The molecule has 3 rings (SSSR count). The molecular formula is C22H26N4O3S2. The van der Waals surface area contributed by atoms with Crippen LogP contribution in [0.5, 0.6) is 0 Å². The lowest BCUT2D eigenvalue weighted by molar-refractivity contribution is -0.114. The number of hydrogen-bond acceptors (Lipinski definition) is 6. The van der Waals surface area contributed by atoms with Gasteiger partial charge in [-0.3, -0.25) is 4.79 Å². The van der Waals surface area contributed by atoms with Crippen LogP contribution in [0, 0.1) is 6.92 Å². The third-order valence-corrected chi connectivity index (χ3v) is 7.59. The minimum absolute atomic E-state index is 0.0536. The lowest BCUT2D eigenvalue weighted by Crippen LogP contribution is -2.33. The van der Waals surface area contributed by atoms with Crippen molar-refractivity contribution in [3.05, 3.63) is 58.9 Å². The van der Waals surface area contributed by atoms with E-state index < -0.39 is 10.0 Å². The molecule has 1 amide bonds. The first kappa shape index (κ1) is 22.9. The topological polar surface area (TPSA) is 91.4 Å². The second-order valence-corrected chi connectivity index (χ2v) is 10.4. The van der Waals surface area contributed by atoms with Crippen LogP contribution in [0.1, 0.15) is 18.9 Å². The standard InChI is InChI=1S/C22H26N4O3S2/c1-15(2)26(4)31(28,29)20-10-8-18(9-11-20)23-13-22(27)25-19-7-5-6-17(12-19)21-14-30-16(3)24-21/h5-12,14-15,23H,13H2,1-4H3,(H,25,27). The maximum Gasteiger partial charge on any atom is 0.243 e. The Morgan fingerprint density at radius 3 is 2.45 bits per heavy atom. The number of nitrogens with one attached hydrogen (secondary N) is 2. The molecule has 1 heterocycles. The van der Waals surface area contributed by atoms with Crippen LogP contribution in [-0.2, 0) is 14.8 Å². The second kappa shape index (κ2) is 9.59. The van der Waals surface area contributed by atoms with Crippen molar-refractivity contribution < 1.29 is 13.2 Å². The van der Waals surface area contributed by atoms with E-state index in [1.165, 1.54) is 16.4 Å². The van der Waals surface area contributed by atoms with Crippen molar-refractivity contribution in [1.29, 1.82) is 0 Å². The number of carbonyl (C=O) groups excluding carboxylic acids is 1. The van der Waals surface area contributed by atoms with E-state index in [1.807, 2.05) is 50.4 Å². The van der Waals surface area contributed by atoms with Gasteiger partial charge in [-0.2, -0.15) is 4.31 Å². The number of aryl methyl sites for hydroxylation is 1. The van der Waals surface area contributed by atoms with Gasteiger partial charge in [0.25, 0.3) is 0 Å². The molecule has 0 saturated carbocycles. The summed E-state index contributed by atoms with van der Waals surface area (Å²) in [5.74, 6) is -0.206. The lowest BCUT2D eigenvalue weighted by atomic mass is 10.1. The van der Waals surface area contributed by atoms with Crippen molar-refractivity contribution in [2.24, 2.45) is 0 Å². The molecule has 0 bridgehead atoms. The summed E-state index contributed by atoms with van der Waals surface area (Å²) in [6.45, 7) is 5.65.